The van der Waals surface area contributed by atoms with Crippen LogP contribution in [-0.4, -0.2) is 19.9 Å². The molecule has 0 aromatic carbocycles. The molecule has 2 aromatic heterocycles. The molecule has 0 saturated heterocycles. The first-order valence-corrected chi connectivity index (χ1v) is 6.88. The third-order valence-corrected chi connectivity index (χ3v) is 3.22. The van der Waals surface area contributed by atoms with Gasteiger partial charge in [-0.15, -0.1) is 0 Å². The highest BCUT2D eigenvalue weighted by Gasteiger charge is 2.14. The lowest BCUT2D eigenvalue weighted by Gasteiger charge is -2.12. The molecule has 0 aliphatic carbocycles. The molecule has 2 aromatic rings. The van der Waals surface area contributed by atoms with Crippen LogP contribution < -0.4 is 0 Å². The summed E-state index contributed by atoms with van der Waals surface area (Å²) < 4.78 is 1.87. The molecule has 19 heavy (non-hydrogen) atoms. The molecule has 0 aliphatic rings. The predicted molar refractivity (Wildman–Crippen MR) is 74.8 cm³/mol. The first-order chi connectivity index (χ1) is 9.24. The minimum atomic E-state index is -0.547. The molecule has 2 rings (SSSR count). The maximum atomic E-state index is 10.3. The quantitative estimate of drug-likeness (QED) is 0.867. The van der Waals surface area contributed by atoms with Gasteiger partial charge in [0.05, 0.1) is 5.69 Å². The Morgan fingerprint density at radius 3 is 2.74 bits per heavy atom. The van der Waals surface area contributed by atoms with Crippen molar-refractivity contribution in [1.29, 1.82) is 0 Å². The van der Waals surface area contributed by atoms with Gasteiger partial charge in [0.25, 0.3) is 0 Å². The fourth-order valence-corrected chi connectivity index (χ4v) is 2.11. The van der Waals surface area contributed by atoms with Gasteiger partial charge in [0.2, 0.25) is 0 Å². The van der Waals surface area contributed by atoms with E-state index in [0.29, 0.717) is 6.42 Å². The number of nitrogens with zero attached hydrogens (tertiary/aromatic N) is 3. The summed E-state index contributed by atoms with van der Waals surface area (Å²) in [6, 6.07) is 5.93. The largest absolute Gasteiger partial charge is 0.386 e. The second kappa shape index (κ2) is 6.48. The number of pyridine rings is 1. The van der Waals surface area contributed by atoms with E-state index in [9.17, 15) is 5.11 Å². The number of rotatable bonds is 6. The van der Waals surface area contributed by atoms with Crippen molar-refractivity contribution < 1.29 is 5.11 Å². The van der Waals surface area contributed by atoms with E-state index in [4.69, 9.17) is 0 Å². The van der Waals surface area contributed by atoms with Crippen LogP contribution in [0.25, 0.3) is 0 Å². The topological polar surface area (TPSA) is 50.9 Å². The second-order valence-corrected chi connectivity index (χ2v) is 4.71. The van der Waals surface area contributed by atoms with Crippen LogP contribution in [-0.2, 0) is 19.4 Å². The lowest BCUT2D eigenvalue weighted by atomic mass is 10.1. The van der Waals surface area contributed by atoms with Crippen LogP contribution in [0.2, 0.25) is 0 Å². The zero-order chi connectivity index (χ0) is 13.7. The highest BCUT2D eigenvalue weighted by atomic mass is 16.3. The average Bonchev–Trinajstić information content (AvgIpc) is 2.88. The minimum absolute atomic E-state index is 0.527. The molecule has 0 saturated carbocycles. The standard InChI is InChI=1S/C15H21N3O/c1-3-9-18-14(7-8-17-18)15(19)10-13-6-5-12(4-2)11-16-13/h5-8,11,15,19H,3-4,9-10H2,1-2H3. The Morgan fingerprint density at radius 1 is 1.26 bits per heavy atom. The van der Waals surface area contributed by atoms with E-state index in [1.165, 1.54) is 5.56 Å². The van der Waals surface area contributed by atoms with Gasteiger partial charge < -0.3 is 5.11 Å². The summed E-state index contributed by atoms with van der Waals surface area (Å²) in [6.45, 7) is 5.04. The van der Waals surface area contributed by atoms with Gasteiger partial charge in [-0.3, -0.25) is 9.67 Å². The van der Waals surface area contributed by atoms with Gasteiger partial charge in [0, 0.05) is 31.1 Å². The van der Waals surface area contributed by atoms with E-state index in [2.05, 4.69) is 30.0 Å². The Hall–Kier alpha value is -1.68. The Bertz CT molecular complexity index is 504. The van der Waals surface area contributed by atoms with E-state index in [1.807, 2.05) is 23.0 Å². The zero-order valence-electron chi connectivity index (χ0n) is 11.6. The molecule has 1 N–H and O–H groups in total. The monoisotopic (exact) mass is 259 g/mol. The summed E-state index contributed by atoms with van der Waals surface area (Å²) in [5.74, 6) is 0. The molecule has 4 heteroatoms. The van der Waals surface area contributed by atoms with Gasteiger partial charge in [-0.05, 0) is 30.5 Å². The smallest absolute Gasteiger partial charge is 0.101 e. The van der Waals surface area contributed by atoms with Gasteiger partial charge in [0.15, 0.2) is 0 Å². The van der Waals surface area contributed by atoms with Crippen LogP contribution in [0, 0.1) is 0 Å². The number of hydrogen-bond donors (Lipinski definition) is 1. The Balaban J connectivity index is 2.06. The van der Waals surface area contributed by atoms with Crippen LogP contribution in [0.15, 0.2) is 30.6 Å². The minimum Gasteiger partial charge on any atom is -0.386 e. The van der Waals surface area contributed by atoms with Gasteiger partial charge in [-0.2, -0.15) is 5.10 Å². The summed E-state index contributed by atoms with van der Waals surface area (Å²) in [4.78, 5) is 4.39. The molecule has 102 valence electrons. The van der Waals surface area contributed by atoms with Gasteiger partial charge in [-0.1, -0.05) is 19.9 Å². The molecular weight excluding hydrogens is 238 g/mol. The molecular formula is C15H21N3O. The molecule has 0 radical (unpaired) electrons. The molecule has 0 spiro atoms. The summed E-state index contributed by atoms with van der Waals surface area (Å²) >= 11 is 0. The van der Waals surface area contributed by atoms with Crippen LogP contribution in [0.1, 0.15) is 43.3 Å². The Morgan fingerprint density at radius 2 is 2.11 bits per heavy atom. The number of hydrogen-bond acceptors (Lipinski definition) is 3. The highest BCUT2D eigenvalue weighted by Crippen LogP contribution is 2.17. The van der Waals surface area contributed by atoms with Crippen molar-refractivity contribution >= 4 is 0 Å². The first-order valence-electron chi connectivity index (χ1n) is 6.88. The number of aromatic nitrogens is 3. The van der Waals surface area contributed by atoms with Crippen molar-refractivity contribution in [1.82, 2.24) is 14.8 Å². The molecule has 0 amide bonds. The lowest BCUT2D eigenvalue weighted by Crippen LogP contribution is -2.11. The zero-order valence-corrected chi connectivity index (χ0v) is 11.6. The molecule has 0 fully saturated rings. The molecule has 0 aliphatic heterocycles. The normalized spacial score (nSPS) is 12.6. The maximum Gasteiger partial charge on any atom is 0.101 e. The van der Waals surface area contributed by atoms with E-state index >= 15 is 0 Å². The number of aliphatic hydroxyl groups is 1. The molecule has 0 bridgehead atoms. The van der Waals surface area contributed by atoms with Gasteiger partial charge in [-0.25, -0.2) is 0 Å². The van der Waals surface area contributed by atoms with Crippen LogP contribution in [0.3, 0.4) is 0 Å². The fourth-order valence-electron chi connectivity index (χ4n) is 2.11. The predicted octanol–water partition coefficient (Wildman–Crippen LogP) is 2.53. The van der Waals surface area contributed by atoms with Crippen molar-refractivity contribution in [3.8, 4) is 0 Å². The first kappa shape index (κ1) is 13.7. The second-order valence-electron chi connectivity index (χ2n) is 4.71. The summed E-state index contributed by atoms with van der Waals surface area (Å²) in [7, 11) is 0. The molecule has 1 atom stereocenters. The van der Waals surface area contributed by atoms with Crippen molar-refractivity contribution in [2.24, 2.45) is 0 Å². The number of aliphatic hydroxyl groups excluding tert-OH is 1. The Kier molecular flexibility index (Phi) is 4.68. The third kappa shape index (κ3) is 3.41. The maximum absolute atomic E-state index is 10.3. The lowest BCUT2D eigenvalue weighted by molar-refractivity contribution is 0.165. The SMILES string of the molecule is CCCn1nccc1C(O)Cc1ccc(CC)cn1. The van der Waals surface area contributed by atoms with Crippen molar-refractivity contribution in [3.05, 3.63) is 47.5 Å². The van der Waals surface area contributed by atoms with E-state index < -0.39 is 6.10 Å². The fraction of sp³-hybridized carbons (Fsp3) is 0.467. The number of aryl methyl sites for hydroxylation is 2. The molecule has 4 nitrogen and oxygen atoms in total. The summed E-state index contributed by atoms with van der Waals surface area (Å²) in [5, 5.41) is 14.5. The van der Waals surface area contributed by atoms with Crippen molar-refractivity contribution in [2.45, 2.75) is 45.8 Å². The van der Waals surface area contributed by atoms with Crippen LogP contribution >= 0.6 is 0 Å². The average molecular weight is 259 g/mol. The van der Waals surface area contributed by atoms with Crippen molar-refractivity contribution in [3.63, 3.8) is 0 Å². The molecule has 2 heterocycles. The van der Waals surface area contributed by atoms with Crippen molar-refractivity contribution in [2.75, 3.05) is 0 Å². The summed E-state index contributed by atoms with van der Waals surface area (Å²) in [5.41, 5.74) is 2.99. The van der Waals surface area contributed by atoms with Gasteiger partial charge in [0.1, 0.15) is 6.10 Å². The van der Waals surface area contributed by atoms with Crippen LogP contribution in [0.4, 0.5) is 0 Å². The molecule has 1 unspecified atom stereocenters. The van der Waals surface area contributed by atoms with E-state index in [-0.39, 0.29) is 0 Å². The third-order valence-electron chi connectivity index (χ3n) is 3.22. The van der Waals surface area contributed by atoms with E-state index in [1.54, 1.807) is 6.20 Å². The highest BCUT2D eigenvalue weighted by molar-refractivity contribution is 5.16. The van der Waals surface area contributed by atoms with Crippen LogP contribution in [0.5, 0.6) is 0 Å². The van der Waals surface area contributed by atoms with Gasteiger partial charge >= 0.3 is 0 Å². The Labute approximate surface area is 114 Å². The summed E-state index contributed by atoms with van der Waals surface area (Å²) in [6.07, 6.45) is 5.59. The van der Waals surface area contributed by atoms with E-state index in [0.717, 1.165) is 30.8 Å².